The summed E-state index contributed by atoms with van der Waals surface area (Å²) in [5.41, 5.74) is 6.04. The molecule has 0 aliphatic heterocycles. The van der Waals surface area contributed by atoms with Gasteiger partial charge >= 0.3 is 5.97 Å². The second-order valence-corrected chi connectivity index (χ2v) is 8.96. The van der Waals surface area contributed by atoms with Crippen LogP contribution in [-0.2, 0) is 4.74 Å². The largest absolute Gasteiger partial charge is 0.462 e. The van der Waals surface area contributed by atoms with E-state index >= 15 is 0 Å². The second kappa shape index (κ2) is 9.38. The minimum Gasteiger partial charge on any atom is -0.462 e. The molecule has 0 unspecified atom stereocenters. The maximum Gasteiger partial charge on any atom is 0.338 e. The molecule has 1 heterocycles. The van der Waals surface area contributed by atoms with E-state index < -0.39 is 11.8 Å². The molecule has 2 aromatic carbocycles. The van der Waals surface area contributed by atoms with Gasteiger partial charge in [0.25, 0.3) is 0 Å². The highest BCUT2D eigenvalue weighted by molar-refractivity contribution is 6.17. The second-order valence-electron chi connectivity index (χ2n) is 8.96. The van der Waals surface area contributed by atoms with E-state index in [1.54, 1.807) is 61.7 Å². The van der Waals surface area contributed by atoms with Gasteiger partial charge in [-0.05, 0) is 63.3 Å². The number of benzene rings is 2. The minimum absolute atomic E-state index is 0.0248. The van der Waals surface area contributed by atoms with Crippen LogP contribution in [0.5, 0.6) is 0 Å². The average molecular weight is 479 g/mol. The van der Waals surface area contributed by atoms with Crippen LogP contribution in [-0.4, -0.2) is 34.9 Å². The summed E-state index contributed by atoms with van der Waals surface area (Å²) in [5.74, 6) is -1.42. The molecule has 2 aliphatic carbocycles. The van der Waals surface area contributed by atoms with Gasteiger partial charge in [0.1, 0.15) is 0 Å². The summed E-state index contributed by atoms with van der Waals surface area (Å²) >= 11 is 0. The zero-order chi connectivity index (χ0) is 25.4. The van der Waals surface area contributed by atoms with Gasteiger partial charge in [-0.15, -0.1) is 0 Å². The Morgan fingerprint density at radius 3 is 2.33 bits per heavy atom. The van der Waals surface area contributed by atoms with Crippen LogP contribution in [0.3, 0.4) is 0 Å². The van der Waals surface area contributed by atoms with E-state index in [0.29, 0.717) is 29.0 Å². The summed E-state index contributed by atoms with van der Waals surface area (Å²) < 4.78 is 7.16. The van der Waals surface area contributed by atoms with Crippen molar-refractivity contribution in [3.8, 4) is 5.69 Å². The summed E-state index contributed by atoms with van der Waals surface area (Å²) in [6.07, 6.45) is 7.18. The van der Waals surface area contributed by atoms with E-state index in [1.165, 1.54) is 0 Å². The highest BCUT2D eigenvalue weighted by Crippen LogP contribution is 2.35. The van der Waals surface area contributed by atoms with Crippen LogP contribution in [0.2, 0.25) is 0 Å². The van der Waals surface area contributed by atoms with E-state index in [9.17, 15) is 14.4 Å². The van der Waals surface area contributed by atoms with Gasteiger partial charge in [-0.25, -0.2) is 4.79 Å². The fraction of sp³-hybridized carbons (Fsp3) is 0.200. The van der Waals surface area contributed by atoms with Crippen LogP contribution in [0, 0.1) is 25.7 Å². The van der Waals surface area contributed by atoms with Crippen molar-refractivity contribution >= 4 is 23.8 Å². The van der Waals surface area contributed by atoms with E-state index in [1.807, 2.05) is 38.1 Å². The number of ketones is 2. The maximum atomic E-state index is 13.1. The Morgan fingerprint density at radius 1 is 1.00 bits per heavy atom. The third kappa shape index (κ3) is 4.05. The molecule has 0 amide bonds. The number of fused-ring (bicyclic) bond motifs is 2. The van der Waals surface area contributed by atoms with Gasteiger partial charge in [-0.1, -0.05) is 30.3 Å². The lowest BCUT2D eigenvalue weighted by atomic mass is 9.72. The van der Waals surface area contributed by atoms with Crippen molar-refractivity contribution in [1.82, 2.24) is 4.57 Å². The number of hydrogen-bond acceptors (Lipinski definition) is 5. The topological polar surface area (TPSA) is 77.7 Å². The lowest BCUT2D eigenvalue weighted by molar-refractivity contribution is 0.0526. The highest BCUT2D eigenvalue weighted by atomic mass is 16.5. The van der Waals surface area contributed by atoms with Gasteiger partial charge in [0.05, 0.1) is 29.7 Å². The number of nitrogens with zero attached hydrogens (tertiary/aromatic N) is 2. The molecule has 2 aliphatic rings. The zero-order valence-corrected chi connectivity index (χ0v) is 20.4. The van der Waals surface area contributed by atoms with Gasteiger partial charge in [-0.3, -0.25) is 14.6 Å². The maximum absolute atomic E-state index is 13.1. The fourth-order valence-electron chi connectivity index (χ4n) is 4.93. The van der Waals surface area contributed by atoms with E-state index in [4.69, 9.17) is 4.74 Å². The Kier molecular flexibility index (Phi) is 6.10. The molecule has 0 N–H and O–H groups in total. The SMILES string of the molecule is CCOC(=O)c1ccc(-n2c(C)cc(C=NC3=C[C@H]4C(=O)c5ccccc5C(=O)[C@@H]4C=C3)c2C)cc1. The first-order valence-electron chi connectivity index (χ1n) is 12.0. The molecular formula is C30H26N2O4. The molecular weight excluding hydrogens is 452 g/mol. The van der Waals surface area contributed by atoms with Gasteiger partial charge in [0.15, 0.2) is 11.6 Å². The monoisotopic (exact) mass is 478 g/mol. The van der Waals surface area contributed by atoms with Crippen molar-refractivity contribution in [1.29, 1.82) is 0 Å². The van der Waals surface area contributed by atoms with Gasteiger partial charge in [-0.2, -0.15) is 0 Å². The summed E-state index contributed by atoms with van der Waals surface area (Å²) in [6, 6.07) is 16.3. The first-order valence-corrected chi connectivity index (χ1v) is 12.0. The minimum atomic E-state index is -0.533. The summed E-state index contributed by atoms with van der Waals surface area (Å²) in [7, 11) is 0. The quantitative estimate of drug-likeness (QED) is 0.361. The molecule has 0 saturated heterocycles. The Bertz CT molecular complexity index is 1470. The number of esters is 1. The highest BCUT2D eigenvalue weighted by Gasteiger charge is 2.40. The van der Waals surface area contributed by atoms with Crippen molar-refractivity contribution in [2.24, 2.45) is 16.8 Å². The van der Waals surface area contributed by atoms with Crippen LogP contribution < -0.4 is 0 Å². The van der Waals surface area contributed by atoms with Crippen molar-refractivity contribution < 1.29 is 19.1 Å². The normalized spacial score (nSPS) is 18.7. The van der Waals surface area contributed by atoms with Crippen molar-refractivity contribution in [2.45, 2.75) is 20.8 Å². The van der Waals surface area contributed by atoms with Crippen LogP contribution in [0.25, 0.3) is 5.69 Å². The van der Waals surface area contributed by atoms with Gasteiger partial charge in [0, 0.05) is 40.0 Å². The number of hydrogen-bond donors (Lipinski definition) is 0. The third-order valence-corrected chi connectivity index (χ3v) is 6.73. The standard InChI is InChI=1S/C30H26N2O4/c1-4-36-30(35)20-9-12-23(13-10-20)32-18(2)15-21(19(32)3)17-31-22-11-14-26-27(16-22)29(34)25-8-6-5-7-24(25)28(26)33/h5-17,26-27H,4H2,1-3H3/t26-,27-/m1/s1. The number of Topliss-reactive ketones (excluding diaryl/α,β-unsaturated/α-hetero) is 2. The summed E-state index contributed by atoms with van der Waals surface area (Å²) in [6.45, 7) is 6.14. The van der Waals surface area contributed by atoms with E-state index in [-0.39, 0.29) is 17.5 Å². The number of aliphatic imine (C=N–C) groups is 1. The number of ether oxygens (including phenoxy) is 1. The molecule has 0 spiro atoms. The number of carbonyl (C=O) groups excluding carboxylic acids is 3. The van der Waals surface area contributed by atoms with Crippen LogP contribution in [0.1, 0.15) is 54.9 Å². The first kappa shape index (κ1) is 23.4. The Labute approximate surface area is 209 Å². The first-order chi connectivity index (χ1) is 17.4. The molecule has 36 heavy (non-hydrogen) atoms. The van der Waals surface area contributed by atoms with Crippen LogP contribution in [0.4, 0.5) is 0 Å². The van der Waals surface area contributed by atoms with Crippen molar-refractivity contribution in [2.75, 3.05) is 6.61 Å². The molecule has 0 saturated carbocycles. The number of carbonyl (C=O) groups is 3. The third-order valence-electron chi connectivity index (χ3n) is 6.73. The lowest BCUT2D eigenvalue weighted by Gasteiger charge is -2.28. The number of allylic oxidation sites excluding steroid dienone is 3. The lowest BCUT2D eigenvalue weighted by Crippen LogP contribution is -2.35. The Hall–Kier alpha value is -4.32. The smallest absolute Gasteiger partial charge is 0.338 e. The molecule has 1 aromatic heterocycles. The molecule has 0 radical (unpaired) electrons. The molecule has 3 aromatic rings. The summed E-state index contributed by atoms with van der Waals surface area (Å²) in [4.78, 5) is 42.6. The summed E-state index contributed by atoms with van der Waals surface area (Å²) in [5, 5.41) is 0. The number of aryl methyl sites for hydroxylation is 1. The van der Waals surface area contributed by atoms with Gasteiger partial charge < -0.3 is 9.30 Å². The molecule has 0 fully saturated rings. The molecule has 6 heteroatoms. The van der Waals surface area contributed by atoms with Crippen molar-refractivity contribution in [3.63, 3.8) is 0 Å². The molecule has 0 bridgehead atoms. The van der Waals surface area contributed by atoms with Crippen LogP contribution in [0.15, 0.2) is 83.5 Å². The Morgan fingerprint density at radius 2 is 1.67 bits per heavy atom. The zero-order valence-electron chi connectivity index (χ0n) is 20.4. The molecule has 6 nitrogen and oxygen atoms in total. The number of aromatic nitrogens is 1. The van der Waals surface area contributed by atoms with Gasteiger partial charge in [0.2, 0.25) is 0 Å². The van der Waals surface area contributed by atoms with E-state index in [0.717, 1.165) is 22.6 Å². The number of rotatable bonds is 5. The van der Waals surface area contributed by atoms with Crippen molar-refractivity contribution in [3.05, 3.63) is 112 Å². The molecule has 5 rings (SSSR count). The fourth-order valence-corrected chi connectivity index (χ4v) is 4.93. The van der Waals surface area contributed by atoms with Crippen LogP contribution >= 0.6 is 0 Å². The Balaban J connectivity index is 1.39. The average Bonchev–Trinajstić information content (AvgIpc) is 3.18. The van der Waals surface area contributed by atoms with E-state index in [2.05, 4.69) is 9.56 Å². The molecule has 2 atom stereocenters. The predicted molar refractivity (Wildman–Crippen MR) is 138 cm³/mol. The predicted octanol–water partition coefficient (Wildman–Crippen LogP) is 5.46. The molecule has 180 valence electrons.